The van der Waals surface area contributed by atoms with E-state index in [0.29, 0.717) is 26.2 Å². The minimum Gasteiger partial charge on any atom is -0.327 e. The number of rotatable bonds is 4. The molecule has 0 spiro atoms. The van der Waals surface area contributed by atoms with Gasteiger partial charge in [0.05, 0.1) is 5.52 Å². The molecule has 2 amide bonds. The van der Waals surface area contributed by atoms with Gasteiger partial charge in [-0.2, -0.15) is 0 Å². The van der Waals surface area contributed by atoms with Crippen LogP contribution < -0.4 is 0 Å². The molecule has 6 heteroatoms. The van der Waals surface area contributed by atoms with Gasteiger partial charge in [0.2, 0.25) is 11.8 Å². The van der Waals surface area contributed by atoms with Crippen LogP contribution in [0.15, 0.2) is 79.0 Å². The van der Waals surface area contributed by atoms with Crippen molar-refractivity contribution in [1.82, 2.24) is 19.7 Å². The molecule has 0 N–H and O–H groups in total. The second kappa shape index (κ2) is 8.54. The summed E-state index contributed by atoms with van der Waals surface area (Å²) in [6.45, 7) is 3.18. The smallest absolute Gasteiger partial charge is 0.247 e. The van der Waals surface area contributed by atoms with Crippen LogP contribution in [-0.2, 0) is 22.7 Å². The highest BCUT2D eigenvalue weighted by Gasteiger charge is 2.42. The van der Waals surface area contributed by atoms with E-state index in [4.69, 9.17) is 0 Å². The summed E-state index contributed by atoms with van der Waals surface area (Å²) in [6, 6.07) is 24.1. The van der Waals surface area contributed by atoms with Crippen LogP contribution in [0.5, 0.6) is 0 Å². The Bertz CT molecular complexity index is 1390. The van der Waals surface area contributed by atoms with E-state index in [1.54, 1.807) is 9.80 Å². The second-order valence-electron chi connectivity index (χ2n) is 9.16. The molecule has 2 aliphatic heterocycles. The molecule has 6 rings (SSSR count). The van der Waals surface area contributed by atoms with Crippen molar-refractivity contribution in [2.24, 2.45) is 0 Å². The zero-order chi connectivity index (χ0) is 23.1. The van der Waals surface area contributed by atoms with Gasteiger partial charge in [0, 0.05) is 44.3 Å². The molecule has 0 radical (unpaired) electrons. The molecule has 34 heavy (non-hydrogen) atoms. The van der Waals surface area contributed by atoms with Crippen LogP contribution >= 0.6 is 0 Å². The summed E-state index contributed by atoms with van der Waals surface area (Å²) < 4.78 is 0. The first-order valence-corrected chi connectivity index (χ1v) is 11.8. The summed E-state index contributed by atoms with van der Waals surface area (Å²) in [6.07, 6.45) is 1.82. The van der Waals surface area contributed by atoms with Crippen molar-refractivity contribution in [1.29, 1.82) is 0 Å². The zero-order valence-corrected chi connectivity index (χ0v) is 18.9. The molecule has 1 aromatic heterocycles. The fourth-order valence-electron chi connectivity index (χ4n) is 5.34. The molecule has 0 bridgehead atoms. The summed E-state index contributed by atoms with van der Waals surface area (Å²) in [5.41, 5.74) is 3.21. The van der Waals surface area contributed by atoms with Crippen LogP contribution in [0.1, 0.15) is 11.1 Å². The van der Waals surface area contributed by atoms with Crippen molar-refractivity contribution >= 4 is 33.5 Å². The molecule has 1 atom stereocenters. The number of para-hydroxylation sites is 1. The van der Waals surface area contributed by atoms with Gasteiger partial charge < -0.3 is 9.80 Å². The zero-order valence-electron chi connectivity index (χ0n) is 18.9. The molecule has 4 aromatic rings. The number of piperazine rings is 2. The topological polar surface area (TPSA) is 56.8 Å². The predicted octanol–water partition coefficient (Wildman–Crippen LogP) is 3.44. The number of nitrogens with zero attached hydrogens (tertiary/aromatic N) is 4. The van der Waals surface area contributed by atoms with Gasteiger partial charge in [-0.3, -0.25) is 19.5 Å². The number of benzene rings is 3. The first-order chi connectivity index (χ1) is 16.7. The van der Waals surface area contributed by atoms with Crippen molar-refractivity contribution in [2.75, 3.05) is 26.2 Å². The van der Waals surface area contributed by atoms with E-state index >= 15 is 0 Å². The molecule has 2 saturated heterocycles. The number of hydrogen-bond donors (Lipinski definition) is 0. The van der Waals surface area contributed by atoms with Gasteiger partial charge >= 0.3 is 0 Å². The van der Waals surface area contributed by atoms with Gasteiger partial charge in [0.1, 0.15) is 12.6 Å². The lowest BCUT2D eigenvalue weighted by atomic mass is 10.0. The Morgan fingerprint density at radius 3 is 2.47 bits per heavy atom. The number of aromatic nitrogens is 1. The van der Waals surface area contributed by atoms with E-state index in [0.717, 1.165) is 39.3 Å². The average molecular weight is 451 g/mol. The van der Waals surface area contributed by atoms with Crippen LogP contribution in [0.4, 0.5) is 0 Å². The first kappa shape index (κ1) is 20.8. The quantitative estimate of drug-likeness (QED) is 0.478. The van der Waals surface area contributed by atoms with Crippen molar-refractivity contribution in [3.05, 3.63) is 90.1 Å². The van der Waals surface area contributed by atoms with Crippen LogP contribution in [0, 0.1) is 0 Å². The minimum absolute atomic E-state index is 0.0354. The highest BCUT2D eigenvalue weighted by Crippen LogP contribution is 2.25. The van der Waals surface area contributed by atoms with Gasteiger partial charge in [-0.1, -0.05) is 66.7 Å². The molecule has 2 aliphatic rings. The molecule has 3 heterocycles. The maximum atomic E-state index is 13.5. The van der Waals surface area contributed by atoms with Crippen LogP contribution in [-0.4, -0.2) is 63.7 Å². The Hall–Kier alpha value is -3.77. The fourth-order valence-corrected chi connectivity index (χ4v) is 5.34. The van der Waals surface area contributed by atoms with E-state index in [9.17, 15) is 9.59 Å². The van der Waals surface area contributed by atoms with Crippen molar-refractivity contribution in [2.45, 2.75) is 19.1 Å². The summed E-state index contributed by atoms with van der Waals surface area (Å²) in [5, 5.41) is 3.38. The minimum atomic E-state index is -0.437. The summed E-state index contributed by atoms with van der Waals surface area (Å²) in [7, 11) is 0. The lowest BCUT2D eigenvalue weighted by molar-refractivity contribution is -0.160. The maximum Gasteiger partial charge on any atom is 0.247 e. The van der Waals surface area contributed by atoms with Crippen LogP contribution in [0.3, 0.4) is 0 Å². The number of amides is 2. The Morgan fingerprint density at radius 1 is 0.794 bits per heavy atom. The predicted molar refractivity (Wildman–Crippen MR) is 132 cm³/mol. The van der Waals surface area contributed by atoms with Gasteiger partial charge in [0.15, 0.2) is 0 Å². The molecule has 0 aliphatic carbocycles. The molecule has 170 valence electrons. The van der Waals surface area contributed by atoms with Crippen molar-refractivity contribution in [3.63, 3.8) is 0 Å². The molecule has 2 fully saturated rings. The third-order valence-electron chi connectivity index (χ3n) is 7.06. The highest BCUT2D eigenvalue weighted by molar-refractivity contribution is 5.95. The number of carbonyl (C=O) groups excluding carboxylic acids is 2. The number of carbonyl (C=O) groups is 2. The Morgan fingerprint density at radius 2 is 1.56 bits per heavy atom. The van der Waals surface area contributed by atoms with E-state index in [1.165, 1.54) is 0 Å². The van der Waals surface area contributed by atoms with Gasteiger partial charge in [0.25, 0.3) is 0 Å². The highest BCUT2D eigenvalue weighted by atomic mass is 16.2. The normalized spacial score (nSPS) is 19.1. The van der Waals surface area contributed by atoms with Gasteiger partial charge in [-0.05, 0) is 28.0 Å². The Balaban J connectivity index is 1.23. The monoisotopic (exact) mass is 450 g/mol. The van der Waals surface area contributed by atoms with Gasteiger partial charge in [-0.25, -0.2) is 0 Å². The summed E-state index contributed by atoms with van der Waals surface area (Å²) >= 11 is 0. The van der Waals surface area contributed by atoms with E-state index in [2.05, 4.69) is 52.3 Å². The number of pyridine rings is 1. The molecular formula is C28H26N4O2. The van der Waals surface area contributed by atoms with Crippen LogP contribution in [0.2, 0.25) is 0 Å². The second-order valence-corrected chi connectivity index (χ2v) is 9.16. The largest absolute Gasteiger partial charge is 0.327 e. The summed E-state index contributed by atoms with van der Waals surface area (Å²) in [4.78, 5) is 36.9. The maximum absolute atomic E-state index is 13.5. The number of hydrogen-bond acceptors (Lipinski definition) is 4. The molecular weight excluding hydrogens is 424 g/mol. The average Bonchev–Trinajstić information content (AvgIpc) is 2.87. The molecule has 0 saturated carbocycles. The number of fused-ring (bicyclic) bond motifs is 3. The van der Waals surface area contributed by atoms with Crippen molar-refractivity contribution in [3.8, 4) is 0 Å². The Labute approximate surface area is 198 Å². The van der Waals surface area contributed by atoms with E-state index in [1.807, 2.05) is 36.5 Å². The van der Waals surface area contributed by atoms with Gasteiger partial charge in [-0.15, -0.1) is 0 Å². The third kappa shape index (κ3) is 3.70. The van der Waals surface area contributed by atoms with E-state index < -0.39 is 6.04 Å². The van der Waals surface area contributed by atoms with Crippen molar-refractivity contribution < 1.29 is 9.59 Å². The third-order valence-corrected chi connectivity index (χ3v) is 7.06. The molecule has 6 nitrogen and oxygen atoms in total. The SMILES string of the molecule is O=C1C2CN(Cc3cccc4cccnc34)CCN2C(=O)CN1Cc1cccc2ccccc12. The summed E-state index contributed by atoms with van der Waals surface area (Å²) in [5.74, 6) is 0.0737. The van der Waals surface area contributed by atoms with Crippen LogP contribution in [0.25, 0.3) is 21.7 Å². The fraction of sp³-hybridized carbons (Fsp3) is 0.250. The first-order valence-electron chi connectivity index (χ1n) is 11.8. The Kier molecular flexibility index (Phi) is 5.23. The van der Waals surface area contributed by atoms with E-state index in [-0.39, 0.29) is 18.4 Å². The molecule has 1 unspecified atom stereocenters. The standard InChI is InChI=1S/C28H26N4O2/c33-26-19-31(17-22-9-3-7-20-6-1-2-12-24(20)22)28(34)25-18-30(14-15-32(25)26)16-23-10-4-8-21-11-5-13-29-27(21)23/h1-13,25H,14-19H2. The lowest BCUT2D eigenvalue weighted by Crippen LogP contribution is -2.66. The molecule has 3 aromatic carbocycles. The lowest BCUT2D eigenvalue weighted by Gasteiger charge is -2.46.